The monoisotopic (exact) mass is 394 g/mol. The molecular weight excluding hydrogens is 388 g/mol. The highest BCUT2D eigenvalue weighted by atomic mass is 79.9. The zero-order chi connectivity index (χ0) is 14.1. The van der Waals surface area contributed by atoms with Crippen molar-refractivity contribution in [2.45, 2.75) is 0 Å². The summed E-state index contributed by atoms with van der Waals surface area (Å²) in [5.74, 6) is 0.429. The lowest BCUT2D eigenvalue weighted by molar-refractivity contribution is 1.15. The summed E-state index contributed by atoms with van der Waals surface area (Å²) in [5.41, 5.74) is 1.14. The maximum Gasteiger partial charge on any atom is 0.263 e. The van der Waals surface area contributed by atoms with Crippen LogP contribution in [0.3, 0.4) is 0 Å². The van der Waals surface area contributed by atoms with E-state index in [1.807, 2.05) is 24.3 Å². The van der Waals surface area contributed by atoms with E-state index in [1.165, 1.54) is 0 Å². The van der Waals surface area contributed by atoms with E-state index in [9.17, 15) is 4.79 Å². The number of nitrogens with one attached hydrogen (secondary N) is 2. The zero-order valence-corrected chi connectivity index (χ0v) is 13.2. The Morgan fingerprint density at radius 2 is 1.90 bits per heavy atom. The first-order chi connectivity index (χ1) is 9.61. The summed E-state index contributed by atoms with van der Waals surface area (Å²) in [4.78, 5) is 22.7. The van der Waals surface area contributed by atoms with Gasteiger partial charge < -0.3 is 10.3 Å². The number of fused-ring (bicyclic) bond motifs is 1. The molecule has 5 nitrogen and oxygen atoms in total. The highest BCUT2D eigenvalue weighted by molar-refractivity contribution is 9.10. The van der Waals surface area contributed by atoms with Crippen molar-refractivity contribution in [3.8, 4) is 0 Å². The molecule has 0 fully saturated rings. The number of halogens is 2. The van der Waals surface area contributed by atoms with Crippen LogP contribution >= 0.6 is 31.9 Å². The molecule has 0 unspecified atom stereocenters. The molecule has 0 bridgehead atoms. The predicted molar refractivity (Wildman–Crippen MR) is 85.3 cm³/mol. The number of anilines is 2. The summed E-state index contributed by atoms with van der Waals surface area (Å²) in [5, 5.41) is 3.84. The average Bonchev–Trinajstić information content (AvgIpc) is 2.43. The lowest BCUT2D eigenvalue weighted by Gasteiger charge is -2.05. The second-order valence-corrected chi connectivity index (χ2v) is 5.85. The van der Waals surface area contributed by atoms with E-state index in [4.69, 9.17) is 0 Å². The first-order valence-electron chi connectivity index (χ1n) is 5.70. The minimum atomic E-state index is -0.217. The van der Waals surface area contributed by atoms with E-state index in [0.717, 1.165) is 15.5 Å². The Morgan fingerprint density at radius 3 is 2.65 bits per heavy atom. The number of pyridine rings is 1. The summed E-state index contributed by atoms with van der Waals surface area (Å²) in [6.07, 6.45) is 1.66. The van der Waals surface area contributed by atoms with Crippen molar-refractivity contribution in [1.82, 2.24) is 15.0 Å². The summed E-state index contributed by atoms with van der Waals surface area (Å²) in [7, 11) is 0. The molecule has 0 saturated heterocycles. The Balaban J connectivity index is 1.98. The van der Waals surface area contributed by atoms with E-state index in [2.05, 4.69) is 52.1 Å². The highest BCUT2D eigenvalue weighted by Gasteiger charge is 2.04. The Kier molecular flexibility index (Phi) is 3.54. The van der Waals surface area contributed by atoms with Crippen LogP contribution in [-0.4, -0.2) is 15.0 Å². The molecule has 3 aromatic rings. The minimum Gasteiger partial charge on any atom is -0.324 e. The number of aromatic amines is 1. The maximum absolute atomic E-state index is 11.6. The predicted octanol–water partition coefficient (Wildman–Crippen LogP) is 3.59. The van der Waals surface area contributed by atoms with Gasteiger partial charge in [0.25, 0.3) is 5.56 Å². The quantitative estimate of drug-likeness (QED) is 0.695. The number of hydrogen-bond acceptors (Lipinski definition) is 4. The van der Waals surface area contributed by atoms with Gasteiger partial charge in [-0.2, -0.15) is 4.98 Å². The molecule has 0 aliphatic carbocycles. The SMILES string of the molecule is O=c1[nH]c2nc(Nc3ccc(Br)cc3)ncc2cc1Br. The van der Waals surface area contributed by atoms with Crippen LogP contribution < -0.4 is 10.9 Å². The number of H-pyrrole nitrogens is 1. The van der Waals surface area contributed by atoms with Crippen LogP contribution in [0, 0.1) is 0 Å². The van der Waals surface area contributed by atoms with Crippen molar-refractivity contribution in [3.63, 3.8) is 0 Å². The van der Waals surface area contributed by atoms with Gasteiger partial charge in [-0.15, -0.1) is 0 Å². The molecule has 20 heavy (non-hydrogen) atoms. The van der Waals surface area contributed by atoms with Gasteiger partial charge in [-0.1, -0.05) is 15.9 Å². The van der Waals surface area contributed by atoms with Crippen LogP contribution in [0.4, 0.5) is 11.6 Å². The average molecular weight is 396 g/mol. The van der Waals surface area contributed by atoms with Crippen molar-refractivity contribution in [2.75, 3.05) is 5.32 Å². The first kappa shape index (κ1) is 13.3. The Hall–Kier alpha value is -1.73. The van der Waals surface area contributed by atoms with E-state index in [-0.39, 0.29) is 5.56 Å². The molecule has 1 aromatic carbocycles. The molecule has 2 N–H and O–H groups in total. The third-order valence-electron chi connectivity index (χ3n) is 2.65. The summed E-state index contributed by atoms with van der Waals surface area (Å²) in [6, 6.07) is 9.34. The molecule has 0 aliphatic rings. The van der Waals surface area contributed by atoms with E-state index in [0.29, 0.717) is 16.1 Å². The van der Waals surface area contributed by atoms with Crippen LogP contribution in [0.5, 0.6) is 0 Å². The smallest absolute Gasteiger partial charge is 0.263 e. The highest BCUT2D eigenvalue weighted by Crippen LogP contribution is 2.18. The first-order valence-corrected chi connectivity index (χ1v) is 7.28. The summed E-state index contributed by atoms with van der Waals surface area (Å²) >= 11 is 6.55. The maximum atomic E-state index is 11.6. The number of benzene rings is 1. The molecule has 7 heteroatoms. The topological polar surface area (TPSA) is 70.7 Å². The van der Waals surface area contributed by atoms with Gasteiger partial charge in [0.05, 0.1) is 4.47 Å². The third kappa shape index (κ3) is 2.73. The molecular formula is C13H8Br2N4O. The molecule has 0 saturated carbocycles. The van der Waals surface area contributed by atoms with Gasteiger partial charge in [0.15, 0.2) is 0 Å². The standard InChI is InChI=1S/C13H8Br2N4O/c14-8-1-3-9(4-2-8)17-13-16-6-7-5-10(15)12(20)18-11(7)19-13/h1-6H,(H2,16,17,18,19,20). The molecule has 0 amide bonds. The van der Waals surface area contributed by atoms with Gasteiger partial charge in [-0.05, 0) is 46.3 Å². The van der Waals surface area contributed by atoms with Crippen LogP contribution in [-0.2, 0) is 0 Å². The molecule has 0 spiro atoms. The molecule has 100 valence electrons. The molecule has 0 aliphatic heterocycles. The Morgan fingerprint density at radius 1 is 1.15 bits per heavy atom. The Labute approximate surface area is 130 Å². The molecule has 0 radical (unpaired) electrons. The summed E-state index contributed by atoms with van der Waals surface area (Å²) < 4.78 is 1.46. The van der Waals surface area contributed by atoms with Crippen molar-refractivity contribution in [3.05, 3.63) is 55.8 Å². The van der Waals surface area contributed by atoms with Crippen molar-refractivity contribution < 1.29 is 0 Å². The Bertz CT molecular complexity index is 830. The van der Waals surface area contributed by atoms with Gasteiger partial charge in [-0.25, -0.2) is 4.98 Å². The zero-order valence-electron chi connectivity index (χ0n) is 10.0. The molecule has 2 aromatic heterocycles. The van der Waals surface area contributed by atoms with Crippen molar-refractivity contribution in [2.24, 2.45) is 0 Å². The second kappa shape index (κ2) is 5.34. The van der Waals surface area contributed by atoms with Crippen LogP contribution in [0.25, 0.3) is 11.0 Å². The third-order valence-corrected chi connectivity index (χ3v) is 3.77. The second-order valence-electron chi connectivity index (χ2n) is 4.08. The fourth-order valence-corrected chi connectivity index (χ4v) is 2.30. The largest absolute Gasteiger partial charge is 0.324 e. The van der Waals surface area contributed by atoms with Crippen LogP contribution in [0.2, 0.25) is 0 Å². The summed E-state index contributed by atoms with van der Waals surface area (Å²) in [6.45, 7) is 0. The lowest BCUT2D eigenvalue weighted by Crippen LogP contribution is -2.08. The normalized spacial score (nSPS) is 10.7. The molecule has 2 heterocycles. The van der Waals surface area contributed by atoms with E-state index < -0.39 is 0 Å². The van der Waals surface area contributed by atoms with Gasteiger partial charge in [0.1, 0.15) is 5.65 Å². The van der Waals surface area contributed by atoms with Gasteiger partial charge in [-0.3, -0.25) is 4.79 Å². The van der Waals surface area contributed by atoms with E-state index >= 15 is 0 Å². The number of nitrogens with zero attached hydrogens (tertiary/aromatic N) is 2. The number of aromatic nitrogens is 3. The van der Waals surface area contributed by atoms with Crippen LogP contribution in [0.1, 0.15) is 0 Å². The molecule has 0 atom stereocenters. The van der Waals surface area contributed by atoms with Crippen molar-refractivity contribution >= 4 is 54.5 Å². The van der Waals surface area contributed by atoms with Gasteiger partial charge >= 0.3 is 0 Å². The lowest BCUT2D eigenvalue weighted by atomic mass is 10.3. The van der Waals surface area contributed by atoms with Crippen LogP contribution in [0.15, 0.2) is 50.3 Å². The minimum absolute atomic E-state index is 0.217. The number of rotatable bonds is 2. The van der Waals surface area contributed by atoms with Gasteiger partial charge in [0, 0.05) is 21.7 Å². The number of hydrogen-bond donors (Lipinski definition) is 2. The fourth-order valence-electron chi connectivity index (χ4n) is 1.69. The molecule has 3 rings (SSSR count). The fraction of sp³-hybridized carbons (Fsp3) is 0. The van der Waals surface area contributed by atoms with Gasteiger partial charge in [0.2, 0.25) is 5.95 Å². The van der Waals surface area contributed by atoms with Crippen molar-refractivity contribution in [1.29, 1.82) is 0 Å². The van der Waals surface area contributed by atoms with E-state index in [1.54, 1.807) is 12.3 Å².